The van der Waals surface area contributed by atoms with Crippen LogP contribution in [0.4, 0.5) is 0 Å². The molecule has 1 amide bonds. The van der Waals surface area contributed by atoms with Crippen LogP contribution < -0.4 is 5.56 Å². The van der Waals surface area contributed by atoms with Gasteiger partial charge < -0.3 is 24.2 Å². The number of aliphatic hydroxyl groups excluding tert-OH is 1. The minimum Gasteiger partial charge on any atom is -0.459 e. The molecule has 9 heteroatoms. The number of hydrogen-bond acceptors (Lipinski definition) is 6. The molecule has 4 rings (SSSR count). The summed E-state index contributed by atoms with van der Waals surface area (Å²) in [5, 5.41) is 8.92. The summed E-state index contributed by atoms with van der Waals surface area (Å²) in [6.45, 7) is 4.07. The molecule has 1 N–H and O–H groups in total. The molecule has 2 unspecified atom stereocenters. The van der Waals surface area contributed by atoms with Crippen LogP contribution in [0.2, 0.25) is 0 Å². The Balaban J connectivity index is 1.63. The molecule has 37 heavy (non-hydrogen) atoms. The lowest BCUT2D eigenvalue weighted by atomic mass is 9.93. The maximum atomic E-state index is 13.7. The van der Waals surface area contributed by atoms with E-state index in [0.717, 1.165) is 37.1 Å². The molecule has 0 bridgehead atoms. The predicted octanol–water partition coefficient (Wildman–Crippen LogP) is 3.02. The molecule has 0 radical (unpaired) electrons. The summed E-state index contributed by atoms with van der Waals surface area (Å²) in [6.07, 6.45) is 6.92. The van der Waals surface area contributed by atoms with Crippen molar-refractivity contribution in [3.8, 4) is 5.69 Å². The third kappa shape index (κ3) is 6.52. The van der Waals surface area contributed by atoms with Crippen LogP contribution in [0.25, 0.3) is 5.69 Å². The van der Waals surface area contributed by atoms with Gasteiger partial charge >= 0.3 is 0 Å². The molecule has 202 valence electrons. The molecule has 1 saturated heterocycles. The number of ether oxygens (including phenoxy) is 3. The van der Waals surface area contributed by atoms with Crippen LogP contribution >= 0.6 is 0 Å². The highest BCUT2D eigenvalue weighted by Crippen LogP contribution is 2.33. The molecule has 2 aromatic rings. The SMILES string of the molecule is Cc1c(C2C=C(C(=O)N3CCCCCCC3)OC(OCCOCCO)C2)c(=O)n(-c2ccccc2)n1C. The van der Waals surface area contributed by atoms with Gasteiger partial charge in [0.05, 0.1) is 32.1 Å². The number of hydrogen-bond donors (Lipinski definition) is 1. The van der Waals surface area contributed by atoms with Crippen LogP contribution in [0.5, 0.6) is 0 Å². The number of likely N-dealkylation sites (tertiary alicyclic amines) is 1. The average molecular weight is 514 g/mol. The predicted molar refractivity (Wildman–Crippen MR) is 140 cm³/mol. The first-order valence-corrected chi connectivity index (χ1v) is 13.3. The molecule has 0 spiro atoms. The Morgan fingerprint density at radius 2 is 1.76 bits per heavy atom. The van der Waals surface area contributed by atoms with E-state index < -0.39 is 6.29 Å². The zero-order valence-electron chi connectivity index (χ0n) is 21.9. The lowest BCUT2D eigenvalue weighted by molar-refractivity contribution is -0.156. The van der Waals surface area contributed by atoms with Gasteiger partial charge in [0.1, 0.15) is 0 Å². The minimum atomic E-state index is -0.689. The van der Waals surface area contributed by atoms with Crippen LogP contribution in [-0.2, 0) is 26.1 Å². The number of nitrogens with zero attached hydrogens (tertiary/aromatic N) is 3. The second kappa shape index (κ2) is 13.1. The van der Waals surface area contributed by atoms with E-state index in [1.165, 1.54) is 6.42 Å². The van der Waals surface area contributed by atoms with E-state index in [-0.39, 0.29) is 43.0 Å². The van der Waals surface area contributed by atoms with Crippen LogP contribution in [0.3, 0.4) is 0 Å². The first kappa shape index (κ1) is 27.2. The van der Waals surface area contributed by atoms with Crippen LogP contribution in [0.15, 0.2) is 47.0 Å². The van der Waals surface area contributed by atoms with E-state index in [1.54, 1.807) is 4.68 Å². The molecule has 1 aromatic carbocycles. The number of allylic oxidation sites excluding steroid dienone is 1. The van der Waals surface area contributed by atoms with Crippen molar-refractivity contribution in [2.45, 2.75) is 57.7 Å². The van der Waals surface area contributed by atoms with Gasteiger partial charge in [0.2, 0.25) is 6.29 Å². The van der Waals surface area contributed by atoms with Crippen molar-refractivity contribution in [3.63, 3.8) is 0 Å². The van der Waals surface area contributed by atoms with Crippen molar-refractivity contribution in [2.24, 2.45) is 7.05 Å². The molecule has 9 nitrogen and oxygen atoms in total. The molecule has 2 aliphatic rings. The maximum Gasteiger partial charge on any atom is 0.288 e. The number of aliphatic hydroxyl groups is 1. The Bertz CT molecular complexity index is 1110. The van der Waals surface area contributed by atoms with Crippen molar-refractivity contribution < 1.29 is 24.1 Å². The van der Waals surface area contributed by atoms with E-state index in [2.05, 4.69) is 0 Å². The smallest absolute Gasteiger partial charge is 0.288 e. The van der Waals surface area contributed by atoms with Gasteiger partial charge in [0.15, 0.2) is 5.76 Å². The Kier molecular flexibility index (Phi) is 9.60. The Morgan fingerprint density at radius 1 is 1.05 bits per heavy atom. The van der Waals surface area contributed by atoms with Gasteiger partial charge in [-0.2, -0.15) is 0 Å². The maximum absolute atomic E-state index is 13.7. The normalized spacial score (nSPS) is 20.6. The van der Waals surface area contributed by atoms with Gasteiger partial charge in [-0.05, 0) is 38.0 Å². The fourth-order valence-electron chi connectivity index (χ4n) is 5.14. The summed E-state index contributed by atoms with van der Waals surface area (Å²) in [5.41, 5.74) is 2.14. The van der Waals surface area contributed by atoms with Crippen molar-refractivity contribution in [1.29, 1.82) is 0 Å². The number of amides is 1. The van der Waals surface area contributed by atoms with Gasteiger partial charge in [0, 0.05) is 43.7 Å². The number of para-hydroxylation sites is 1. The Labute approximate surface area is 218 Å². The molecule has 3 heterocycles. The highest BCUT2D eigenvalue weighted by Gasteiger charge is 2.34. The van der Waals surface area contributed by atoms with E-state index in [9.17, 15) is 9.59 Å². The highest BCUT2D eigenvalue weighted by atomic mass is 16.7. The molecule has 2 atom stereocenters. The molecule has 1 aromatic heterocycles. The monoisotopic (exact) mass is 513 g/mol. The van der Waals surface area contributed by atoms with Crippen molar-refractivity contribution in [3.05, 3.63) is 63.8 Å². The van der Waals surface area contributed by atoms with Crippen LogP contribution in [-0.4, -0.2) is 71.1 Å². The molecule has 0 aliphatic carbocycles. The number of aromatic nitrogens is 2. The van der Waals surface area contributed by atoms with Gasteiger partial charge in [-0.25, -0.2) is 4.68 Å². The number of carbonyl (C=O) groups is 1. The van der Waals surface area contributed by atoms with Crippen molar-refractivity contribution in [2.75, 3.05) is 39.5 Å². The average Bonchev–Trinajstić information content (AvgIpc) is 3.11. The molecular weight excluding hydrogens is 474 g/mol. The van der Waals surface area contributed by atoms with Gasteiger partial charge in [-0.15, -0.1) is 0 Å². The summed E-state index contributed by atoms with van der Waals surface area (Å²) in [5.74, 6) is -0.241. The Morgan fingerprint density at radius 3 is 2.46 bits per heavy atom. The highest BCUT2D eigenvalue weighted by molar-refractivity contribution is 5.91. The second-order valence-electron chi connectivity index (χ2n) is 9.66. The van der Waals surface area contributed by atoms with Gasteiger partial charge in [0.25, 0.3) is 11.5 Å². The zero-order chi connectivity index (χ0) is 26.2. The van der Waals surface area contributed by atoms with E-state index >= 15 is 0 Å². The molecular formula is C28H39N3O6. The Hall–Kier alpha value is -2.88. The third-order valence-electron chi connectivity index (χ3n) is 7.15. The fraction of sp³-hybridized carbons (Fsp3) is 0.571. The fourth-order valence-corrected chi connectivity index (χ4v) is 5.14. The summed E-state index contributed by atoms with van der Waals surface area (Å²) in [6, 6.07) is 9.53. The summed E-state index contributed by atoms with van der Waals surface area (Å²) in [7, 11) is 1.87. The summed E-state index contributed by atoms with van der Waals surface area (Å²) in [4.78, 5) is 29.1. The number of carbonyl (C=O) groups excluding carboxylic acids is 1. The largest absolute Gasteiger partial charge is 0.459 e. The van der Waals surface area contributed by atoms with E-state index in [1.807, 2.05) is 60.0 Å². The minimum absolute atomic E-state index is 0.0554. The summed E-state index contributed by atoms with van der Waals surface area (Å²) >= 11 is 0. The zero-order valence-corrected chi connectivity index (χ0v) is 21.9. The lowest BCUT2D eigenvalue weighted by Gasteiger charge is -2.32. The third-order valence-corrected chi connectivity index (χ3v) is 7.15. The molecule has 0 saturated carbocycles. The number of benzene rings is 1. The lowest BCUT2D eigenvalue weighted by Crippen LogP contribution is -2.38. The topological polar surface area (TPSA) is 95.2 Å². The first-order valence-electron chi connectivity index (χ1n) is 13.3. The van der Waals surface area contributed by atoms with E-state index in [0.29, 0.717) is 31.7 Å². The number of rotatable bonds is 9. The molecule has 1 fully saturated rings. The van der Waals surface area contributed by atoms with Crippen molar-refractivity contribution >= 4 is 5.91 Å². The van der Waals surface area contributed by atoms with Crippen molar-refractivity contribution in [1.82, 2.24) is 14.3 Å². The van der Waals surface area contributed by atoms with Crippen LogP contribution in [0.1, 0.15) is 55.7 Å². The van der Waals surface area contributed by atoms with Crippen LogP contribution in [0, 0.1) is 6.92 Å². The second-order valence-corrected chi connectivity index (χ2v) is 9.66. The standard InChI is InChI=1S/C28H39N3O6/c1-21-26(28(34)31(29(21)2)23-11-7-6-8-12-23)22-19-24(27(33)30-13-9-4-3-5-10-14-30)37-25(20-22)36-18-17-35-16-15-32/h6-8,11-12,19,22,25,32H,3-5,9-10,13-18,20H2,1-2H3. The van der Waals surface area contributed by atoms with Gasteiger partial charge in [-0.1, -0.05) is 37.5 Å². The summed E-state index contributed by atoms with van der Waals surface area (Å²) < 4.78 is 20.8. The van der Waals surface area contributed by atoms with Gasteiger partial charge in [-0.3, -0.25) is 14.3 Å². The molecule has 2 aliphatic heterocycles. The quantitative estimate of drug-likeness (QED) is 0.518. The first-order chi connectivity index (χ1) is 18.0. The van der Waals surface area contributed by atoms with E-state index in [4.69, 9.17) is 19.3 Å².